The van der Waals surface area contributed by atoms with E-state index in [-0.39, 0.29) is 0 Å². The summed E-state index contributed by atoms with van der Waals surface area (Å²) in [7, 11) is 0. The van der Waals surface area contributed by atoms with Crippen molar-refractivity contribution in [1.82, 2.24) is 15.2 Å². The van der Waals surface area contributed by atoms with Crippen molar-refractivity contribution < 1.29 is 9.15 Å². The second-order valence-electron chi connectivity index (χ2n) is 7.59. The molecule has 148 valence electrons. The van der Waals surface area contributed by atoms with Crippen molar-refractivity contribution in [2.24, 2.45) is 5.92 Å². The summed E-state index contributed by atoms with van der Waals surface area (Å²) in [4.78, 5) is 6.87. The predicted molar refractivity (Wildman–Crippen MR) is 110 cm³/mol. The lowest BCUT2D eigenvalue weighted by atomic mass is 9.94. The SMILES string of the molecule is CCCc1nc2cc(OCCC3CCN(c4ccc(C)nn4)CC3)ccc2o1. The molecule has 1 aromatic carbocycles. The zero-order valence-electron chi connectivity index (χ0n) is 16.7. The van der Waals surface area contributed by atoms with Gasteiger partial charge in [-0.3, -0.25) is 0 Å². The molecule has 6 heteroatoms. The number of aryl methyl sites for hydroxylation is 2. The van der Waals surface area contributed by atoms with Gasteiger partial charge in [-0.25, -0.2) is 4.98 Å². The Morgan fingerprint density at radius 3 is 2.75 bits per heavy atom. The summed E-state index contributed by atoms with van der Waals surface area (Å²) in [6, 6.07) is 10.0. The van der Waals surface area contributed by atoms with Gasteiger partial charge in [0.2, 0.25) is 0 Å². The molecule has 3 heterocycles. The van der Waals surface area contributed by atoms with E-state index in [0.29, 0.717) is 5.92 Å². The van der Waals surface area contributed by atoms with Crippen LogP contribution in [0.5, 0.6) is 5.75 Å². The number of fused-ring (bicyclic) bond motifs is 1. The quantitative estimate of drug-likeness (QED) is 0.598. The van der Waals surface area contributed by atoms with Gasteiger partial charge < -0.3 is 14.1 Å². The summed E-state index contributed by atoms with van der Waals surface area (Å²) in [6.45, 7) is 6.90. The van der Waals surface area contributed by atoms with Gasteiger partial charge in [0.25, 0.3) is 0 Å². The summed E-state index contributed by atoms with van der Waals surface area (Å²) in [5.74, 6) is 3.36. The molecule has 3 aromatic rings. The molecular weight excluding hydrogens is 352 g/mol. The fourth-order valence-electron chi connectivity index (χ4n) is 3.72. The number of anilines is 1. The molecule has 1 aliphatic rings. The minimum absolute atomic E-state index is 0.696. The third kappa shape index (κ3) is 4.43. The van der Waals surface area contributed by atoms with Crippen LogP contribution in [0, 0.1) is 12.8 Å². The zero-order valence-corrected chi connectivity index (χ0v) is 16.7. The highest BCUT2D eigenvalue weighted by molar-refractivity contribution is 5.74. The molecule has 1 saturated heterocycles. The topological polar surface area (TPSA) is 64.3 Å². The summed E-state index contributed by atoms with van der Waals surface area (Å²) >= 11 is 0. The normalized spacial score (nSPS) is 15.3. The lowest BCUT2D eigenvalue weighted by molar-refractivity contribution is 0.258. The number of hydrogen-bond acceptors (Lipinski definition) is 6. The average molecular weight is 380 g/mol. The van der Waals surface area contributed by atoms with Crippen LogP contribution < -0.4 is 9.64 Å². The summed E-state index contributed by atoms with van der Waals surface area (Å²) < 4.78 is 11.7. The number of nitrogens with zero attached hydrogens (tertiary/aromatic N) is 4. The van der Waals surface area contributed by atoms with E-state index in [1.165, 1.54) is 12.8 Å². The molecule has 4 rings (SSSR count). The standard InChI is InChI=1S/C22H28N4O2/c1-3-4-22-23-19-15-18(6-7-20(19)28-22)27-14-11-17-9-12-26(13-10-17)21-8-5-16(2)24-25-21/h5-8,15,17H,3-4,9-14H2,1-2H3. The Morgan fingerprint density at radius 1 is 1.14 bits per heavy atom. The molecule has 0 amide bonds. The molecule has 1 fully saturated rings. The van der Waals surface area contributed by atoms with Gasteiger partial charge in [0.05, 0.1) is 12.3 Å². The van der Waals surface area contributed by atoms with Crippen LogP contribution in [-0.2, 0) is 6.42 Å². The molecule has 0 radical (unpaired) electrons. The minimum Gasteiger partial charge on any atom is -0.494 e. The fourth-order valence-corrected chi connectivity index (χ4v) is 3.72. The Morgan fingerprint density at radius 2 is 2.00 bits per heavy atom. The highest BCUT2D eigenvalue weighted by atomic mass is 16.5. The second-order valence-corrected chi connectivity index (χ2v) is 7.59. The maximum absolute atomic E-state index is 5.99. The monoisotopic (exact) mass is 380 g/mol. The molecule has 0 atom stereocenters. The third-order valence-corrected chi connectivity index (χ3v) is 5.38. The van der Waals surface area contributed by atoms with Crippen molar-refractivity contribution in [3.63, 3.8) is 0 Å². The van der Waals surface area contributed by atoms with Crippen molar-refractivity contribution in [2.75, 3.05) is 24.6 Å². The second kappa shape index (κ2) is 8.59. The van der Waals surface area contributed by atoms with E-state index >= 15 is 0 Å². The van der Waals surface area contributed by atoms with Crippen LogP contribution in [0.1, 0.15) is 44.2 Å². The van der Waals surface area contributed by atoms with Gasteiger partial charge in [0.1, 0.15) is 11.3 Å². The molecule has 2 aromatic heterocycles. The first-order chi connectivity index (χ1) is 13.7. The number of oxazole rings is 1. The van der Waals surface area contributed by atoms with Crippen LogP contribution in [0.3, 0.4) is 0 Å². The minimum atomic E-state index is 0.696. The molecule has 0 spiro atoms. The van der Waals surface area contributed by atoms with Gasteiger partial charge >= 0.3 is 0 Å². The van der Waals surface area contributed by atoms with Gasteiger partial charge in [-0.15, -0.1) is 5.10 Å². The van der Waals surface area contributed by atoms with Gasteiger partial charge in [-0.2, -0.15) is 5.10 Å². The van der Waals surface area contributed by atoms with E-state index in [1.807, 2.05) is 31.2 Å². The van der Waals surface area contributed by atoms with E-state index in [2.05, 4.69) is 33.1 Å². The van der Waals surface area contributed by atoms with Crippen molar-refractivity contribution in [1.29, 1.82) is 0 Å². The number of benzene rings is 1. The lowest BCUT2D eigenvalue weighted by Crippen LogP contribution is -2.34. The molecular formula is C22H28N4O2. The smallest absolute Gasteiger partial charge is 0.195 e. The number of aromatic nitrogens is 3. The van der Waals surface area contributed by atoms with Crippen LogP contribution in [0.2, 0.25) is 0 Å². The molecule has 1 aliphatic heterocycles. The highest BCUT2D eigenvalue weighted by Gasteiger charge is 2.20. The van der Waals surface area contributed by atoms with E-state index in [0.717, 1.165) is 73.2 Å². The van der Waals surface area contributed by atoms with Crippen LogP contribution in [-0.4, -0.2) is 34.9 Å². The van der Waals surface area contributed by atoms with Crippen molar-refractivity contribution in [3.05, 3.63) is 41.9 Å². The predicted octanol–water partition coefficient (Wildman–Crippen LogP) is 4.56. The number of rotatable bonds is 7. The van der Waals surface area contributed by atoms with Gasteiger partial charge in [-0.05, 0) is 62.8 Å². The van der Waals surface area contributed by atoms with E-state index in [9.17, 15) is 0 Å². The van der Waals surface area contributed by atoms with Crippen LogP contribution >= 0.6 is 0 Å². The fraction of sp³-hybridized carbons (Fsp3) is 0.500. The Hall–Kier alpha value is -2.63. The Labute approximate surface area is 165 Å². The maximum atomic E-state index is 5.99. The molecule has 0 N–H and O–H groups in total. The number of piperidine rings is 1. The molecule has 28 heavy (non-hydrogen) atoms. The van der Waals surface area contributed by atoms with E-state index in [4.69, 9.17) is 9.15 Å². The molecule has 0 aliphatic carbocycles. The molecule has 6 nitrogen and oxygen atoms in total. The summed E-state index contributed by atoms with van der Waals surface area (Å²) in [5.41, 5.74) is 2.68. The average Bonchev–Trinajstić information content (AvgIpc) is 3.11. The largest absolute Gasteiger partial charge is 0.494 e. The van der Waals surface area contributed by atoms with Crippen molar-refractivity contribution in [3.8, 4) is 5.75 Å². The molecule has 0 bridgehead atoms. The van der Waals surface area contributed by atoms with Gasteiger partial charge in [0, 0.05) is 25.6 Å². The number of ether oxygens (including phenoxy) is 1. The van der Waals surface area contributed by atoms with Crippen LogP contribution in [0.15, 0.2) is 34.7 Å². The van der Waals surface area contributed by atoms with E-state index in [1.54, 1.807) is 0 Å². The first kappa shape index (κ1) is 18.7. The Bertz CT molecular complexity index is 899. The first-order valence-corrected chi connectivity index (χ1v) is 10.3. The van der Waals surface area contributed by atoms with Crippen molar-refractivity contribution in [2.45, 2.75) is 46.0 Å². The highest BCUT2D eigenvalue weighted by Crippen LogP contribution is 2.25. The van der Waals surface area contributed by atoms with Crippen LogP contribution in [0.25, 0.3) is 11.1 Å². The Kier molecular flexibility index (Phi) is 5.74. The summed E-state index contributed by atoms with van der Waals surface area (Å²) in [5, 5.41) is 8.47. The molecule has 0 saturated carbocycles. The maximum Gasteiger partial charge on any atom is 0.195 e. The van der Waals surface area contributed by atoms with Gasteiger partial charge in [0.15, 0.2) is 17.3 Å². The van der Waals surface area contributed by atoms with E-state index < -0.39 is 0 Å². The number of hydrogen-bond donors (Lipinski definition) is 0. The third-order valence-electron chi connectivity index (χ3n) is 5.38. The van der Waals surface area contributed by atoms with Crippen molar-refractivity contribution >= 4 is 16.9 Å². The first-order valence-electron chi connectivity index (χ1n) is 10.3. The molecule has 0 unspecified atom stereocenters. The zero-order chi connectivity index (χ0) is 19.3. The Balaban J connectivity index is 1.24. The van der Waals surface area contributed by atoms with Gasteiger partial charge in [-0.1, -0.05) is 6.92 Å². The summed E-state index contributed by atoms with van der Waals surface area (Å²) in [6.07, 6.45) is 5.32. The lowest BCUT2D eigenvalue weighted by Gasteiger charge is -2.32. The van der Waals surface area contributed by atoms with Crippen LogP contribution in [0.4, 0.5) is 5.82 Å².